The predicted molar refractivity (Wildman–Crippen MR) is 86.4 cm³/mol. The highest BCUT2D eigenvalue weighted by Gasteiger charge is 2.14. The van der Waals surface area contributed by atoms with Gasteiger partial charge in [0.2, 0.25) is 12.7 Å². The summed E-state index contributed by atoms with van der Waals surface area (Å²) in [7, 11) is 0. The standard InChI is InChI=1S/C14H11N5O4S/c20-11(16-7-1-2-9-10(3-7)23-6-22-9)5-24-14-17-12-8(4-15-19-12)13(21)18-14/h1-4H,5-6H2,(H,16,20)(H2,15,17,18,19,21). The van der Waals surface area contributed by atoms with Crippen LogP contribution in [0.4, 0.5) is 5.69 Å². The number of hydrogen-bond acceptors (Lipinski definition) is 7. The normalized spacial score (nSPS) is 12.5. The molecule has 4 rings (SSSR count). The van der Waals surface area contributed by atoms with Crippen molar-refractivity contribution in [2.75, 3.05) is 17.9 Å². The van der Waals surface area contributed by atoms with Crippen LogP contribution in [0.15, 0.2) is 34.3 Å². The second-order valence-electron chi connectivity index (χ2n) is 4.91. The predicted octanol–water partition coefficient (Wildman–Crippen LogP) is 1.11. The Kier molecular flexibility index (Phi) is 3.58. The van der Waals surface area contributed by atoms with E-state index in [4.69, 9.17) is 9.47 Å². The van der Waals surface area contributed by atoms with Gasteiger partial charge in [-0.2, -0.15) is 5.10 Å². The number of carbonyl (C=O) groups is 1. The molecule has 0 atom stereocenters. The zero-order valence-electron chi connectivity index (χ0n) is 12.2. The molecule has 3 N–H and O–H groups in total. The summed E-state index contributed by atoms with van der Waals surface area (Å²) in [6, 6.07) is 5.16. The number of rotatable bonds is 4. The summed E-state index contributed by atoms with van der Waals surface area (Å²) < 4.78 is 10.5. The minimum absolute atomic E-state index is 0.0943. The number of H-pyrrole nitrogens is 2. The first kappa shape index (κ1) is 14.6. The highest BCUT2D eigenvalue weighted by molar-refractivity contribution is 7.99. The molecule has 1 aliphatic rings. The lowest BCUT2D eigenvalue weighted by atomic mass is 10.3. The molecular weight excluding hydrogens is 334 g/mol. The number of aromatic nitrogens is 4. The number of benzene rings is 1. The Labute approximate surface area is 138 Å². The summed E-state index contributed by atoms with van der Waals surface area (Å²) >= 11 is 1.12. The van der Waals surface area contributed by atoms with E-state index < -0.39 is 0 Å². The fraction of sp³-hybridized carbons (Fsp3) is 0.143. The van der Waals surface area contributed by atoms with E-state index in [2.05, 4.69) is 25.5 Å². The first-order valence-corrected chi connectivity index (χ1v) is 7.93. The van der Waals surface area contributed by atoms with Crippen LogP contribution in [0, 0.1) is 0 Å². The van der Waals surface area contributed by atoms with Gasteiger partial charge in [-0.25, -0.2) is 4.98 Å². The van der Waals surface area contributed by atoms with Gasteiger partial charge in [-0.3, -0.25) is 14.7 Å². The zero-order valence-corrected chi connectivity index (χ0v) is 13.0. The molecule has 1 amide bonds. The van der Waals surface area contributed by atoms with E-state index in [1.54, 1.807) is 18.2 Å². The average molecular weight is 345 g/mol. The average Bonchev–Trinajstić information content (AvgIpc) is 3.21. The number of ether oxygens (including phenoxy) is 2. The van der Waals surface area contributed by atoms with Crippen molar-refractivity contribution in [2.45, 2.75) is 5.16 Å². The van der Waals surface area contributed by atoms with Crippen molar-refractivity contribution in [1.29, 1.82) is 0 Å². The molecule has 2 aromatic heterocycles. The van der Waals surface area contributed by atoms with E-state index in [0.717, 1.165) is 11.8 Å². The molecule has 10 heteroatoms. The Hall–Kier alpha value is -3.01. The number of nitrogens with zero attached hydrogens (tertiary/aromatic N) is 2. The Morgan fingerprint density at radius 2 is 2.21 bits per heavy atom. The maximum Gasteiger partial charge on any atom is 0.262 e. The molecule has 0 saturated carbocycles. The van der Waals surface area contributed by atoms with E-state index >= 15 is 0 Å². The first-order chi connectivity index (χ1) is 11.7. The van der Waals surface area contributed by atoms with E-state index in [-0.39, 0.29) is 24.0 Å². The first-order valence-electron chi connectivity index (χ1n) is 6.95. The van der Waals surface area contributed by atoms with Crippen molar-refractivity contribution in [3.63, 3.8) is 0 Å². The highest BCUT2D eigenvalue weighted by atomic mass is 32.2. The SMILES string of the molecule is O=C(CSc1nc2[nH]ncc2c(=O)[nH]1)Nc1ccc2c(c1)OCO2. The quantitative estimate of drug-likeness (QED) is 0.478. The molecule has 122 valence electrons. The molecule has 24 heavy (non-hydrogen) atoms. The number of carbonyl (C=O) groups excluding carboxylic acids is 1. The van der Waals surface area contributed by atoms with E-state index in [9.17, 15) is 9.59 Å². The van der Waals surface area contributed by atoms with E-state index in [1.165, 1.54) is 6.20 Å². The molecule has 0 radical (unpaired) electrons. The van der Waals surface area contributed by atoms with Crippen LogP contribution < -0.4 is 20.3 Å². The second-order valence-corrected chi connectivity index (χ2v) is 5.87. The number of nitrogens with one attached hydrogen (secondary N) is 3. The summed E-state index contributed by atoms with van der Waals surface area (Å²) in [6.07, 6.45) is 1.40. The van der Waals surface area contributed by atoms with Gasteiger partial charge < -0.3 is 19.8 Å². The third-order valence-electron chi connectivity index (χ3n) is 3.29. The van der Waals surface area contributed by atoms with Gasteiger partial charge in [0, 0.05) is 11.8 Å². The number of fused-ring (bicyclic) bond motifs is 2. The molecule has 1 aliphatic heterocycles. The zero-order chi connectivity index (χ0) is 16.5. The smallest absolute Gasteiger partial charge is 0.262 e. The lowest BCUT2D eigenvalue weighted by molar-refractivity contribution is -0.113. The monoisotopic (exact) mass is 345 g/mol. The van der Waals surface area contributed by atoms with Crippen LogP contribution in [0.5, 0.6) is 11.5 Å². The van der Waals surface area contributed by atoms with Gasteiger partial charge in [-0.1, -0.05) is 11.8 Å². The molecule has 1 aromatic carbocycles. The van der Waals surface area contributed by atoms with Gasteiger partial charge in [0.1, 0.15) is 5.39 Å². The molecule has 9 nitrogen and oxygen atoms in total. The van der Waals surface area contributed by atoms with Gasteiger partial charge in [0.15, 0.2) is 22.3 Å². The summed E-state index contributed by atoms with van der Waals surface area (Å²) in [5.41, 5.74) is 0.695. The highest BCUT2D eigenvalue weighted by Crippen LogP contribution is 2.34. The molecular formula is C14H11N5O4S. The van der Waals surface area contributed by atoms with Crippen molar-refractivity contribution >= 4 is 34.4 Å². The molecule has 0 bridgehead atoms. The number of anilines is 1. The third kappa shape index (κ3) is 2.78. The van der Waals surface area contributed by atoms with Gasteiger partial charge in [0.05, 0.1) is 11.9 Å². The second kappa shape index (κ2) is 5.89. The molecule has 0 aliphatic carbocycles. The van der Waals surface area contributed by atoms with Gasteiger partial charge in [-0.05, 0) is 12.1 Å². The summed E-state index contributed by atoms with van der Waals surface area (Å²) in [5, 5.41) is 9.87. The molecule has 3 heterocycles. The Balaban J connectivity index is 1.41. The van der Waals surface area contributed by atoms with Crippen molar-refractivity contribution < 1.29 is 14.3 Å². The topological polar surface area (TPSA) is 122 Å². The number of thioether (sulfide) groups is 1. The van der Waals surface area contributed by atoms with Crippen molar-refractivity contribution in [1.82, 2.24) is 20.2 Å². The minimum atomic E-state index is -0.299. The molecule has 3 aromatic rings. The van der Waals surface area contributed by atoms with E-state index in [0.29, 0.717) is 33.4 Å². The van der Waals surface area contributed by atoms with Crippen molar-refractivity contribution in [3.8, 4) is 11.5 Å². The van der Waals surface area contributed by atoms with Crippen LogP contribution in [-0.4, -0.2) is 38.6 Å². The largest absolute Gasteiger partial charge is 0.454 e. The van der Waals surface area contributed by atoms with Crippen LogP contribution >= 0.6 is 11.8 Å². The Bertz CT molecular complexity index is 983. The van der Waals surface area contributed by atoms with Crippen LogP contribution in [0.2, 0.25) is 0 Å². The number of hydrogen-bond donors (Lipinski definition) is 3. The summed E-state index contributed by atoms with van der Waals surface area (Å²) in [4.78, 5) is 30.7. The minimum Gasteiger partial charge on any atom is -0.454 e. The van der Waals surface area contributed by atoms with Crippen molar-refractivity contribution in [2.24, 2.45) is 0 Å². The fourth-order valence-electron chi connectivity index (χ4n) is 2.20. The maximum atomic E-state index is 12.0. The molecule has 0 fully saturated rings. The number of amides is 1. The maximum absolute atomic E-state index is 12.0. The Morgan fingerprint density at radius 1 is 1.33 bits per heavy atom. The van der Waals surface area contributed by atoms with Crippen LogP contribution in [0.25, 0.3) is 11.0 Å². The molecule has 0 unspecified atom stereocenters. The lowest BCUT2D eigenvalue weighted by Gasteiger charge is -2.06. The summed E-state index contributed by atoms with van der Waals surface area (Å²) in [5.74, 6) is 1.11. The fourth-order valence-corrected chi connectivity index (χ4v) is 2.86. The number of aromatic amines is 2. The van der Waals surface area contributed by atoms with Crippen LogP contribution in [-0.2, 0) is 4.79 Å². The van der Waals surface area contributed by atoms with Gasteiger partial charge in [-0.15, -0.1) is 0 Å². The van der Waals surface area contributed by atoms with E-state index in [1.807, 2.05) is 0 Å². The van der Waals surface area contributed by atoms with Crippen LogP contribution in [0.3, 0.4) is 0 Å². The lowest BCUT2D eigenvalue weighted by Crippen LogP contribution is -2.15. The third-order valence-corrected chi connectivity index (χ3v) is 4.17. The molecule has 0 spiro atoms. The molecule has 0 saturated heterocycles. The van der Waals surface area contributed by atoms with Crippen LogP contribution in [0.1, 0.15) is 0 Å². The summed E-state index contributed by atoms with van der Waals surface area (Å²) in [6.45, 7) is 0.178. The van der Waals surface area contributed by atoms with Gasteiger partial charge >= 0.3 is 0 Å². The van der Waals surface area contributed by atoms with Gasteiger partial charge in [0.25, 0.3) is 5.56 Å². The van der Waals surface area contributed by atoms with Crippen molar-refractivity contribution in [3.05, 3.63) is 34.7 Å². The Morgan fingerprint density at radius 3 is 3.12 bits per heavy atom.